The maximum absolute atomic E-state index is 4.65. The van der Waals surface area contributed by atoms with Gasteiger partial charge in [-0.1, -0.05) is 12.8 Å². The van der Waals surface area contributed by atoms with Gasteiger partial charge in [0, 0.05) is 36.1 Å². The molecular formula is C22H27N7. The van der Waals surface area contributed by atoms with Crippen molar-refractivity contribution in [3.63, 3.8) is 0 Å². The fourth-order valence-electron chi connectivity index (χ4n) is 4.57. The van der Waals surface area contributed by atoms with E-state index in [0.29, 0.717) is 12.0 Å². The molecule has 4 aromatic heterocycles. The number of fused-ring (bicyclic) bond motifs is 2. The molecule has 150 valence electrons. The summed E-state index contributed by atoms with van der Waals surface area (Å²) in [7, 11) is 0. The van der Waals surface area contributed by atoms with E-state index in [-0.39, 0.29) is 0 Å². The number of aryl methyl sites for hydroxylation is 1. The topological polar surface area (TPSA) is 72.9 Å². The number of hydrogen-bond donors (Lipinski definition) is 1. The normalized spacial score (nSPS) is 15.2. The van der Waals surface area contributed by atoms with Crippen molar-refractivity contribution in [3.8, 4) is 11.1 Å². The summed E-state index contributed by atoms with van der Waals surface area (Å²) in [5, 5.41) is 8.06. The summed E-state index contributed by atoms with van der Waals surface area (Å²) in [5.41, 5.74) is 4.96. The lowest BCUT2D eigenvalue weighted by Crippen LogP contribution is -2.13. The number of rotatable bonds is 5. The molecule has 4 heterocycles. The Labute approximate surface area is 170 Å². The van der Waals surface area contributed by atoms with Gasteiger partial charge in [0.05, 0.1) is 17.2 Å². The van der Waals surface area contributed by atoms with Crippen LogP contribution in [0.25, 0.3) is 27.8 Å². The molecular weight excluding hydrogens is 362 g/mol. The second-order valence-corrected chi connectivity index (χ2v) is 8.36. The van der Waals surface area contributed by atoms with Crippen LogP contribution in [0.4, 0.5) is 5.95 Å². The summed E-state index contributed by atoms with van der Waals surface area (Å²) in [6.45, 7) is 7.33. The smallest absolute Gasteiger partial charge is 0.241 e. The van der Waals surface area contributed by atoms with Crippen molar-refractivity contribution in [2.45, 2.75) is 52.5 Å². The van der Waals surface area contributed by atoms with Crippen LogP contribution in [0.2, 0.25) is 0 Å². The number of imidazole rings is 1. The molecule has 0 radical (unpaired) electrons. The summed E-state index contributed by atoms with van der Waals surface area (Å²) < 4.78 is 4.13. The molecule has 7 nitrogen and oxygen atoms in total. The lowest BCUT2D eigenvalue weighted by atomic mass is 10.1. The van der Waals surface area contributed by atoms with Gasteiger partial charge in [0.2, 0.25) is 5.95 Å². The van der Waals surface area contributed by atoms with Crippen LogP contribution >= 0.6 is 0 Å². The van der Waals surface area contributed by atoms with E-state index in [4.69, 9.17) is 0 Å². The van der Waals surface area contributed by atoms with Gasteiger partial charge in [-0.05, 0) is 51.7 Å². The SMILES string of the molecule is Cc1nc2ncc(-c3ccn4nc(NCC5CCCC5)ncc34)cc2n1C(C)C. The number of hydrogen-bond acceptors (Lipinski definition) is 5. The van der Waals surface area contributed by atoms with Crippen LogP contribution in [-0.4, -0.2) is 35.7 Å². The molecule has 0 amide bonds. The van der Waals surface area contributed by atoms with Gasteiger partial charge < -0.3 is 9.88 Å². The van der Waals surface area contributed by atoms with E-state index in [0.717, 1.165) is 46.1 Å². The predicted molar refractivity (Wildman–Crippen MR) is 115 cm³/mol. The zero-order valence-corrected chi connectivity index (χ0v) is 17.3. The minimum absolute atomic E-state index is 0.333. The lowest BCUT2D eigenvalue weighted by Gasteiger charge is -2.11. The third kappa shape index (κ3) is 3.24. The fraction of sp³-hybridized carbons (Fsp3) is 0.455. The van der Waals surface area contributed by atoms with E-state index in [9.17, 15) is 0 Å². The number of aromatic nitrogens is 6. The van der Waals surface area contributed by atoms with Crippen LogP contribution in [0.3, 0.4) is 0 Å². The van der Waals surface area contributed by atoms with Gasteiger partial charge in [-0.3, -0.25) is 0 Å². The van der Waals surface area contributed by atoms with Gasteiger partial charge >= 0.3 is 0 Å². The molecule has 0 unspecified atom stereocenters. The largest absolute Gasteiger partial charge is 0.353 e. The molecule has 0 bridgehead atoms. The molecule has 1 N–H and O–H groups in total. The highest BCUT2D eigenvalue weighted by atomic mass is 15.3. The molecule has 1 fully saturated rings. The Bertz CT molecular complexity index is 1160. The molecule has 29 heavy (non-hydrogen) atoms. The monoisotopic (exact) mass is 389 g/mol. The Morgan fingerprint density at radius 3 is 2.76 bits per heavy atom. The Morgan fingerprint density at radius 2 is 1.97 bits per heavy atom. The molecule has 4 aromatic rings. The fourth-order valence-corrected chi connectivity index (χ4v) is 4.57. The molecule has 5 rings (SSSR count). The minimum atomic E-state index is 0.333. The number of anilines is 1. The average Bonchev–Trinajstić information content (AvgIpc) is 3.43. The molecule has 1 saturated carbocycles. The zero-order chi connectivity index (χ0) is 20.0. The van der Waals surface area contributed by atoms with Gasteiger partial charge in [-0.2, -0.15) is 0 Å². The first-order valence-electron chi connectivity index (χ1n) is 10.5. The Kier molecular flexibility index (Phi) is 4.45. The Balaban J connectivity index is 1.47. The van der Waals surface area contributed by atoms with E-state index >= 15 is 0 Å². The Morgan fingerprint density at radius 1 is 1.14 bits per heavy atom. The van der Waals surface area contributed by atoms with E-state index in [1.807, 2.05) is 30.0 Å². The minimum Gasteiger partial charge on any atom is -0.353 e. The Hall–Kier alpha value is -2.96. The quantitative estimate of drug-likeness (QED) is 0.539. The lowest BCUT2D eigenvalue weighted by molar-refractivity contribution is 0.576. The first kappa shape index (κ1) is 18.1. The highest BCUT2D eigenvalue weighted by Gasteiger charge is 2.16. The van der Waals surface area contributed by atoms with Gasteiger partial charge in [-0.15, -0.1) is 5.10 Å². The summed E-state index contributed by atoms with van der Waals surface area (Å²) in [6, 6.07) is 4.58. The van der Waals surface area contributed by atoms with E-state index in [1.54, 1.807) is 0 Å². The van der Waals surface area contributed by atoms with Gasteiger partial charge in [0.1, 0.15) is 5.82 Å². The van der Waals surface area contributed by atoms with Crippen LogP contribution in [0, 0.1) is 12.8 Å². The predicted octanol–water partition coefficient (Wildman–Crippen LogP) is 4.63. The standard InChI is InChI=1S/C22H27N7/c1-14(2)29-15(3)26-21-19(29)10-17(12-23-21)18-8-9-28-20(18)13-25-22(27-28)24-11-16-6-4-5-7-16/h8-10,12-14,16H,4-7,11H2,1-3H3,(H,24,27). The van der Waals surface area contributed by atoms with Crippen molar-refractivity contribution < 1.29 is 0 Å². The van der Waals surface area contributed by atoms with E-state index in [2.05, 4.69) is 55.9 Å². The molecule has 0 aliphatic heterocycles. The van der Waals surface area contributed by atoms with Crippen LogP contribution in [0.15, 0.2) is 30.7 Å². The summed E-state index contributed by atoms with van der Waals surface area (Å²) in [4.78, 5) is 13.8. The van der Waals surface area contributed by atoms with Crippen LogP contribution in [0.1, 0.15) is 51.4 Å². The number of nitrogens with one attached hydrogen (secondary N) is 1. The second kappa shape index (κ2) is 7.13. The highest BCUT2D eigenvalue weighted by Crippen LogP contribution is 2.29. The van der Waals surface area contributed by atoms with Crippen LogP contribution < -0.4 is 5.32 Å². The van der Waals surface area contributed by atoms with Crippen molar-refractivity contribution in [1.29, 1.82) is 0 Å². The van der Waals surface area contributed by atoms with Crippen molar-refractivity contribution in [2.75, 3.05) is 11.9 Å². The maximum Gasteiger partial charge on any atom is 0.241 e. The molecule has 0 atom stereocenters. The summed E-state index contributed by atoms with van der Waals surface area (Å²) in [5.74, 6) is 2.43. The second-order valence-electron chi connectivity index (χ2n) is 8.36. The van der Waals surface area contributed by atoms with E-state index < -0.39 is 0 Å². The molecule has 0 spiro atoms. The summed E-state index contributed by atoms with van der Waals surface area (Å²) >= 11 is 0. The molecule has 0 aromatic carbocycles. The molecule has 1 aliphatic carbocycles. The van der Waals surface area contributed by atoms with Gasteiger partial charge in [0.25, 0.3) is 0 Å². The first-order chi connectivity index (χ1) is 14.1. The van der Waals surface area contributed by atoms with Crippen LogP contribution in [0.5, 0.6) is 0 Å². The number of nitrogens with zero attached hydrogens (tertiary/aromatic N) is 6. The van der Waals surface area contributed by atoms with Crippen LogP contribution in [-0.2, 0) is 0 Å². The summed E-state index contributed by atoms with van der Waals surface area (Å²) in [6.07, 6.45) is 11.1. The highest BCUT2D eigenvalue weighted by molar-refractivity contribution is 5.85. The maximum atomic E-state index is 4.65. The third-order valence-electron chi connectivity index (χ3n) is 5.99. The van der Waals surface area contributed by atoms with Gasteiger partial charge in [-0.25, -0.2) is 19.5 Å². The van der Waals surface area contributed by atoms with Crippen molar-refractivity contribution >= 4 is 22.6 Å². The average molecular weight is 390 g/mol. The van der Waals surface area contributed by atoms with Gasteiger partial charge in [0.15, 0.2) is 5.65 Å². The molecule has 1 aliphatic rings. The van der Waals surface area contributed by atoms with Crippen molar-refractivity contribution in [3.05, 3.63) is 36.5 Å². The zero-order valence-electron chi connectivity index (χ0n) is 17.3. The molecule has 0 saturated heterocycles. The van der Waals surface area contributed by atoms with E-state index in [1.165, 1.54) is 25.7 Å². The van der Waals surface area contributed by atoms with Crippen molar-refractivity contribution in [2.24, 2.45) is 5.92 Å². The first-order valence-corrected chi connectivity index (χ1v) is 10.5. The molecule has 7 heteroatoms. The van der Waals surface area contributed by atoms with Crippen molar-refractivity contribution in [1.82, 2.24) is 29.1 Å². The number of pyridine rings is 1. The third-order valence-corrected chi connectivity index (χ3v) is 5.99.